The van der Waals surface area contributed by atoms with Gasteiger partial charge in [-0.15, -0.1) is 0 Å². The molecule has 3 aromatic rings. The molecule has 0 fully saturated rings. The van der Waals surface area contributed by atoms with E-state index < -0.39 is 10.0 Å². The minimum atomic E-state index is -3.69. The van der Waals surface area contributed by atoms with Gasteiger partial charge in [0.2, 0.25) is 0 Å². The lowest BCUT2D eigenvalue weighted by atomic mass is 10.2. The maximum absolute atomic E-state index is 12.4. The maximum Gasteiger partial charge on any atom is 0.281 e. The topological polar surface area (TPSA) is 81.8 Å². The Labute approximate surface area is 140 Å². The van der Waals surface area contributed by atoms with E-state index in [1.165, 1.54) is 17.2 Å². The van der Waals surface area contributed by atoms with Gasteiger partial charge in [0.1, 0.15) is 5.82 Å². The van der Waals surface area contributed by atoms with Crippen molar-refractivity contribution in [3.05, 3.63) is 36.3 Å². The van der Waals surface area contributed by atoms with Gasteiger partial charge < -0.3 is 4.57 Å². The van der Waals surface area contributed by atoms with E-state index in [9.17, 15) is 8.42 Å². The van der Waals surface area contributed by atoms with Gasteiger partial charge in [-0.3, -0.25) is 9.40 Å². The van der Waals surface area contributed by atoms with Crippen LogP contribution < -0.4 is 4.72 Å². The predicted octanol–water partition coefficient (Wildman–Crippen LogP) is 2.30. The van der Waals surface area contributed by atoms with Crippen LogP contribution in [0.3, 0.4) is 0 Å². The molecule has 8 heteroatoms. The first kappa shape index (κ1) is 15.2. The van der Waals surface area contributed by atoms with Crippen LogP contribution in [0.25, 0.3) is 11.0 Å². The van der Waals surface area contributed by atoms with Crippen molar-refractivity contribution in [2.24, 2.45) is 7.05 Å². The molecule has 0 unspecified atom stereocenters. The molecule has 0 saturated heterocycles. The van der Waals surface area contributed by atoms with Crippen LogP contribution in [0.4, 0.5) is 5.69 Å². The highest BCUT2D eigenvalue weighted by atomic mass is 32.2. The highest BCUT2D eigenvalue weighted by Crippen LogP contribution is 2.25. The molecule has 0 amide bonds. The van der Waals surface area contributed by atoms with Gasteiger partial charge in [0.25, 0.3) is 10.0 Å². The predicted molar refractivity (Wildman–Crippen MR) is 91.3 cm³/mol. The fraction of sp³-hybridized carbons (Fsp3) is 0.375. The van der Waals surface area contributed by atoms with Crippen LogP contribution in [-0.4, -0.2) is 27.7 Å². The van der Waals surface area contributed by atoms with E-state index in [-0.39, 0.29) is 5.03 Å². The van der Waals surface area contributed by atoms with Gasteiger partial charge in [-0.25, -0.2) is 4.98 Å². The van der Waals surface area contributed by atoms with Crippen molar-refractivity contribution >= 4 is 26.7 Å². The molecule has 1 aliphatic heterocycles. The monoisotopic (exact) mass is 345 g/mol. The SMILES string of the molecule is Cn1ccc(S(=O)(=O)Nc2ccc3c(c2)nc2n3CCCCC2)n1. The van der Waals surface area contributed by atoms with E-state index in [4.69, 9.17) is 0 Å². The highest BCUT2D eigenvalue weighted by Gasteiger charge is 2.19. The Balaban J connectivity index is 1.68. The first-order chi connectivity index (χ1) is 11.5. The van der Waals surface area contributed by atoms with Crippen molar-refractivity contribution in [3.8, 4) is 0 Å². The van der Waals surface area contributed by atoms with Gasteiger partial charge in [0.15, 0.2) is 5.03 Å². The second-order valence-corrected chi connectivity index (χ2v) is 7.76. The molecule has 0 spiro atoms. The maximum atomic E-state index is 12.4. The normalized spacial score (nSPS) is 15.2. The second-order valence-electron chi connectivity index (χ2n) is 6.13. The van der Waals surface area contributed by atoms with Gasteiger partial charge in [0.05, 0.1) is 16.7 Å². The number of sulfonamides is 1. The molecule has 0 radical (unpaired) electrons. The quantitative estimate of drug-likeness (QED) is 0.790. The summed E-state index contributed by atoms with van der Waals surface area (Å²) < 4.78 is 31.0. The van der Waals surface area contributed by atoms with Crippen LogP contribution in [0, 0.1) is 0 Å². The summed E-state index contributed by atoms with van der Waals surface area (Å²) in [6.07, 6.45) is 6.12. The molecule has 4 rings (SSSR count). The van der Waals surface area contributed by atoms with Gasteiger partial charge >= 0.3 is 0 Å². The van der Waals surface area contributed by atoms with E-state index in [2.05, 4.69) is 19.4 Å². The van der Waals surface area contributed by atoms with Gasteiger partial charge in [0, 0.05) is 26.2 Å². The second kappa shape index (κ2) is 5.62. The van der Waals surface area contributed by atoms with E-state index in [0.717, 1.165) is 42.7 Å². The number of aryl methyl sites for hydroxylation is 3. The molecule has 1 aromatic carbocycles. The van der Waals surface area contributed by atoms with Crippen LogP contribution in [0.15, 0.2) is 35.5 Å². The number of imidazole rings is 1. The number of nitrogens with zero attached hydrogens (tertiary/aromatic N) is 4. The van der Waals surface area contributed by atoms with Crippen molar-refractivity contribution in [1.82, 2.24) is 19.3 Å². The first-order valence-corrected chi connectivity index (χ1v) is 9.53. The highest BCUT2D eigenvalue weighted by molar-refractivity contribution is 7.92. The molecule has 0 aliphatic carbocycles. The van der Waals surface area contributed by atoms with Gasteiger partial charge in [-0.1, -0.05) is 6.42 Å². The van der Waals surface area contributed by atoms with E-state index in [1.54, 1.807) is 25.4 Å². The largest absolute Gasteiger partial charge is 0.328 e. The number of nitrogens with one attached hydrogen (secondary N) is 1. The number of anilines is 1. The van der Waals surface area contributed by atoms with Crippen molar-refractivity contribution in [2.75, 3.05) is 4.72 Å². The Kier molecular flexibility index (Phi) is 3.56. The smallest absolute Gasteiger partial charge is 0.281 e. The Morgan fingerprint density at radius 1 is 1.17 bits per heavy atom. The number of hydrogen-bond donors (Lipinski definition) is 1. The molecule has 1 N–H and O–H groups in total. The number of fused-ring (bicyclic) bond motifs is 3. The fourth-order valence-electron chi connectivity index (χ4n) is 3.16. The zero-order valence-electron chi connectivity index (χ0n) is 13.4. The number of rotatable bonds is 3. The minimum Gasteiger partial charge on any atom is -0.328 e. The molecule has 24 heavy (non-hydrogen) atoms. The third-order valence-electron chi connectivity index (χ3n) is 4.33. The molecule has 2 aromatic heterocycles. The third kappa shape index (κ3) is 2.66. The molecule has 0 saturated carbocycles. The molecular weight excluding hydrogens is 326 g/mol. The van der Waals surface area contributed by atoms with Crippen LogP contribution in [0.5, 0.6) is 0 Å². The summed E-state index contributed by atoms with van der Waals surface area (Å²) in [4.78, 5) is 4.69. The summed E-state index contributed by atoms with van der Waals surface area (Å²) in [5.74, 6) is 1.09. The lowest BCUT2D eigenvalue weighted by Gasteiger charge is -2.07. The Morgan fingerprint density at radius 2 is 2.04 bits per heavy atom. The molecule has 0 atom stereocenters. The third-order valence-corrected chi connectivity index (χ3v) is 5.60. The lowest BCUT2D eigenvalue weighted by Crippen LogP contribution is -2.14. The number of hydrogen-bond acceptors (Lipinski definition) is 4. The van der Waals surface area contributed by atoms with Gasteiger partial charge in [-0.2, -0.15) is 13.5 Å². The Morgan fingerprint density at radius 3 is 2.83 bits per heavy atom. The summed E-state index contributed by atoms with van der Waals surface area (Å²) in [6, 6.07) is 6.98. The number of benzene rings is 1. The summed E-state index contributed by atoms with van der Waals surface area (Å²) in [5, 5.41) is 3.96. The summed E-state index contributed by atoms with van der Waals surface area (Å²) in [7, 11) is -2.00. The Bertz CT molecular complexity index is 1000. The van der Waals surface area contributed by atoms with Crippen molar-refractivity contribution in [3.63, 3.8) is 0 Å². The first-order valence-electron chi connectivity index (χ1n) is 8.04. The summed E-state index contributed by atoms with van der Waals surface area (Å²) in [5.41, 5.74) is 2.39. The fourth-order valence-corrected chi connectivity index (χ4v) is 4.18. The molecule has 3 heterocycles. The molecule has 126 valence electrons. The zero-order valence-corrected chi connectivity index (χ0v) is 14.3. The minimum absolute atomic E-state index is 0.00530. The van der Waals surface area contributed by atoms with Crippen molar-refractivity contribution in [1.29, 1.82) is 0 Å². The van der Waals surface area contributed by atoms with Crippen LogP contribution in [0.1, 0.15) is 25.1 Å². The van der Waals surface area contributed by atoms with Crippen LogP contribution >= 0.6 is 0 Å². The lowest BCUT2D eigenvalue weighted by molar-refractivity contribution is 0.593. The van der Waals surface area contributed by atoms with E-state index >= 15 is 0 Å². The summed E-state index contributed by atoms with van der Waals surface area (Å²) >= 11 is 0. The van der Waals surface area contributed by atoms with E-state index in [0.29, 0.717) is 5.69 Å². The van der Waals surface area contributed by atoms with Crippen LogP contribution in [0.2, 0.25) is 0 Å². The van der Waals surface area contributed by atoms with Crippen molar-refractivity contribution in [2.45, 2.75) is 37.3 Å². The molecular formula is C16H19N5O2S. The molecule has 0 bridgehead atoms. The molecule has 7 nitrogen and oxygen atoms in total. The zero-order chi connectivity index (χ0) is 16.7. The average molecular weight is 345 g/mol. The summed E-state index contributed by atoms with van der Waals surface area (Å²) in [6.45, 7) is 0.977. The standard InChI is InChI=1S/C16H19N5O2S/c1-20-10-8-16(18-20)24(22,23)19-12-6-7-14-13(11-12)17-15-5-3-2-4-9-21(14)15/h6-8,10-11,19H,2-5,9H2,1H3. The number of aromatic nitrogens is 4. The Hall–Kier alpha value is -2.35. The van der Waals surface area contributed by atoms with E-state index in [1.807, 2.05) is 6.07 Å². The van der Waals surface area contributed by atoms with Crippen molar-refractivity contribution < 1.29 is 8.42 Å². The van der Waals surface area contributed by atoms with Gasteiger partial charge in [-0.05, 0) is 37.1 Å². The van der Waals surface area contributed by atoms with Crippen LogP contribution in [-0.2, 0) is 30.0 Å². The molecule has 1 aliphatic rings. The average Bonchev–Trinajstić information content (AvgIpc) is 3.04.